The van der Waals surface area contributed by atoms with Crippen molar-refractivity contribution in [3.63, 3.8) is 0 Å². The Morgan fingerprint density at radius 3 is 1.71 bits per heavy atom. The van der Waals surface area contributed by atoms with Crippen molar-refractivity contribution in [3.8, 4) is 0 Å². The van der Waals surface area contributed by atoms with Gasteiger partial charge in [-0.2, -0.15) is 0 Å². The Morgan fingerprint density at radius 2 is 1.43 bits per heavy atom. The number of rotatable bonds is 4. The first-order valence-electron chi connectivity index (χ1n) is 3.41. The molecule has 0 spiro atoms. The minimum atomic E-state index is 0.0521. The zero-order valence-electron chi connectivity index (χ0n) is 5.54. The molecule has 0 aliphatic rings. The monoisotopic (exact) mass is 126 g/mol. The molecule has 0 saturated heterocycles. The van der Waals surface area contributed by atoms with Gasteiger partial charge in [0.05, 0.1) is 0 Å². The normalized spacial score (nSPS) is 8.29. The molecule has 1 heteroatoms. The van der Waals surface area contributed by atoms with Crippen LogP contribution in [0.4, 0.5) is 0 Å². The maximum absolute atomic E-state index is 2.29. The fraction of sp³-hybridized carbons (Fsp3) is 1.00. The van der Waals surface area contributed by atoms with Gasteiger partial charge in [-0.3, -0.25) is 0 Å². The summed E-state index contributed by atoms with van der Waals surface area (Å²) in [7, 11) is 0. The molecule has 0 fully saturated rings. The molecule has 0 atom stereocenters. The molecule has 0 aromatic carbocycles. The first kappa shape index (κ1) is 8.26. The summed E-state index contributed by atoms with van der Waals surface area (Å²) in [6.07, 6.45) is 2.89. The van der Waals surface area contributed by atoms with E-state index in [1.165, 1.54) is 12.8 Å². The van der Waals surface area contributed by atoms with Crippen LogP contribution in [0.3, 0.4) is 0 Å². The van der Waals surface area contributed by atoms with E-state index < -0.39 is 0 Å². The van der Waals surface area contributed by atoms with E-state index in [0.717, 1.165) is 0 Å². The quantitative estimate of drug-likeness (QED) is 0.400. The van der Waals surface area contributed by atoms with Gasteiger partial charge in [0, 0.05) is 0 Å². The van der Waals surface area contributed by atoms with Crippen LogP contribution < -0.4 is 0 Å². The molecule has 7 heavy (non-hydrogen) atoms. The molecule has 0 aromatic heterocycles. The van der Waals surface area contributed by atoms with Gasteiger partial charge in [0.1, 0.15) is 0 Å². The molecule has 0 saturated carbocycles. The van der Waals surface area contributed by atoms with Gasteiger partial charge >= 0.3 is 65.6 Å². The first-order chi connectivity index (χ1) is 3.41. The molecule has 0 radical (unpaired) electrons. The molecule has 0 nitrogen and oxygen atoms in total. The van der Waals surface area contributed by atoms with Crippen LogP contribution in [0.15, 0.2) is 0 Å². The van der Waals surface area contributed by atoms with E-state index in [9.17, 15) is 0 Å². The standard InChI is InChI=1S/2C3H7.Ca/c2*1-3-2;/h2*1,3H2,2H3;. The fourth-order valence-corrected chi connectivity index (χ4v) is 2.79. The van der Waals surface area contributed by atoms with Gasteiger partial charge in [-0.1, -0.05) is 0 Å². The summed E-state index contributed by atoms with van der Waals surface area (Å²) in [4.78, 5) is 0. The molecule has 0 aromatic rings. The second-order valence-electron chi connectivity index (χ2n) is 2.06. The second kappa shape index (κ2) is 7.26. The Morgan fingerprint density at radius 1 is 1.00 bits per heavy atom. The van der Waals surface area contributed by atoms with E-state index >= 15 is 0 Å². The Labute approximate surface area is 65.0 Å². The molecule has 40 valence electrons. The number of hydrogen-bond donors (Lipinski definition) is 0. The molecular weight excluding hydrogens is 112 g/mol. The van der Waals surface area contributed by atoms with Gasteiger partial charge in [-0.15, -0.1) is 0 Å². The topological polar surface area (TPSA) is 0 Å². The van der Waals surface area contributed by atoms with Crippen LogP contribution in [0.2, 0.25) is 5.04 Å². The third-order valence-corrected chi connectivity index (χ3v) is 4.98. The Balaban J connectivity index is 2.45. The molecule has 0 heterocycles. The van der Waals surface area contributed by atoms with Gasteiger partial charge in [-0.25, -0.2) is 0 Å². The van der Waals surface area contributed by atoms with Crippen LogP contribution in [0, 0.1) is 0 Å². The minimum absolute atomic E-state index is 0.0521. The van der Waals surface area contributed by atoms with Gasteiger partial charge < -0.3 is 0 Å². The van der Waals surface area contributed by atoms with Gasteiger partial charge in [0.25, 0.3) is 0 Å². The van der Waals surface area contributed by atoms with Gasteiger partial charge in [0.2, 0.25) is 0 Å². The van der Waals surface area contributed by atoms with Gasteiger partial charge in [0.15, 0.2) is 0 Å². The zero-order valence-corrected chi connectivity index (χ0v) is 7.74. The van der Waals surface area contributed by atoms with E-state index in [1.54, 1.807) is 5.04 Å². The van der Waals surface area contributed by atoms with E-state index in [1.807, 2.05) is 0 Å². The summed E-state index contributed by atoms with van der Waals surface area (Å²) in [6, 6.07) is 0. The maximum atomic E-state index is 2.29. The van der Waals surface area contributed by atoms with Crippen molar-refractivity contribution in [1.29, 1.82) is 0 Å². The van der Waals surface area contributed by atoms with Crippen LogP contribution in [-0.4, -0.2) is 33.8 Å². The molecule has 0 N–H and O–H groups in total. The van der Waals surface area contributed by atoms with Crippen molar-refractivity contribution >= 4 is 33.8 Å². The van der Waals surface area contributed by atoms with E-state index in [2.05, 4.69) is 13.8 Å². The molecule has 0 aliphatic heterocycles. The molecule has 0 amide bonds. The molecule has 0 bridgehead atoms. The third kappa shape index (κ3) is 7.26. The van der Waals surface area contributed by atoms with Crippen molar-refractivity contribution in [1.82, 2.24) is 0 Å². The van der Waals surface area contributed by atoms with Crippen molar-refractivity contribution in [3.05, 3.63) is 0 Å². The van der Waals surface area contributed by atoms with Crippen LogP contribution in [-0.2, 0) is 0 Å². The Kier molecular flexibility index (Phi) is 8.57. The van der Waals surface area contributed by atoms with Crippen LogP contribution >= 0.6 is 0 Å². The summed E-state index contributed by atoms with van der Waals surface area (Å²) >= 11 is 0.0521. The SMILES string of the molecule is CC[CH2][Ca][CH2]CC. The molecule has 0 unspecified atom stereocenters. The van der Waals surface area contributed by atoms with Crippen molar-refractivity contribution in [2.45, 2.75) is 31.7 Å². The summed E-state index contributed by atoms with van der Waals surface area (Å²) in [5, 5.41) is 0. The first-order valence-corrected chi connectivity index (χ1v) is 6.54. The Bertz CT molecular complexity index is 23.4. The van der Waals surface area contributed by atoms with Crippen molar-refractivity contribution in [2.24, 2.45) is 0 Å². The predicted molar refractivity (Wildman–Crippen MR) is 35.9 cm³/mol. The average Bonchev–Trinajstić information content (AvgIpc) is 1.69. The fourth-order valence-electron chi connectivity index (χ4n) is 0.677. The van der Waals surface area contributed by atoms with E-state index in [4.69, 9.17) is 0 Å². The van der Waals surface area contributed by atoms with Crippen LogP contribution in [0.1, 0.15) is 26.7 Å². The molecule has 0 rings (SSSR count). The van der Waals surface area contributed by atoms with Crippen molar-refractivity contribution < 1.29 is 0 Å². The summed E-state index contributed by atoms with van der Waals surface area (Å²) < 4.78 is 3.22. The average molecular weight is 126 g/mol. The van der Waals surface area contributed by atoms with E-state index in [0.29, 0.717) is 0 Å². The van der Waals surface area contributed by atoms with Crippen LogP contribution in [0.25, 0.3) is 0 Å². The summed E-state index contributed by atoms with van der Waals surface area (Å²) in [5.74, 6) is 0. The van der Waals surface area contributed by atoms with Gasteiger partial charge in [-0.05, 0) is 0 Å². The van der Waals surface area contributed by atoms with Crippen molar-refractivity contribution in [2.75, 3.05) is 0 Å². The Hall–Kier alpha value is 1.26. The second-order valence-corrected chi connectivity index (χ2v) is 5.37. The van der Waals surface area contributed by atoms with Crippen LogP contribution in [0.5, 0.6) is 0 Å². The van der Waals surface area contributed by atoms with E-state index in [-0.39, 0.29) is 33.8 Å². The predicted octanol–water partition coefficient (Wildman–Crippen LogP) is 2.35. The summed E-state index contributed by atoms with van der Waals surface area (Å²) in [6.45, 7) is 4.59. The zero-order chi connectivity index (χ0) is 5.54. The molecule has 0 aliphatic carbocycles. The number of hydrogen-bond acceptors (Lipinski definition) is 0. The molecular formula is C6H14Ca. The summed E-state index contributed by atoms with van der Waals surface area (Å²) in [5.41, 5.74) is 0. The third-order valence-electron chi connectivity index (χ3n) is 1.21.